The van der Waals surface area contributed by atoms with Gasteiger partial charge in [-0.05, 0) is 36.7 Å². The highest BCUT2D eigenvalue weighted by Gasteiger charge is 2.16. The summed E-state index contributed by atoms with van der Waals surface area (Å²) in [5.41, 5.74) is 5.54. The maximum Gasteiger partial charge on any atom is 0.0930 e. The van der Waals surface area contributed by atoms with E-state index in [-0.39, 0.29) is 7.47 Å². The van der Waals surface area contributed by atoms with E-state index in [0.29, 0.717) is 5.92 Å². The van der Waals surface area contributed by atoms with Crippen LogP contribution in [0.25, 0.3) is 0 Å². The van der Waals surface area contributed by atoms with Crippen molar-refractivity contribution in [3.05, 3.63) is 0 Å². The molecule has 78 valence electrons. The van der Waals surface area contributed by atoms with Crippen LogP contribution in [-0.2, 0) is 0 Å². The van der Waals surface area contributed by atoms with Gasteiger partial charge in [-0.1, -0.05) is 13.8 Å². The summed E-state index contributed by atoms with van der Waals surface area (Å²) >= 11 is 2.01. The topological polar surface area (TPSA) is 49.8 Å². The lowest BCUT2D eigenvalue weighted by atomic mass is 9.95. The minimum atomic E-state index is -0.233. The predicted molar refractivity (Wildman–Crippen MR) is 61.7 cm³/mol. The van der Waals surface area contributed by atoms with E-state index >= 15 is 0 Å². The van der Waals surface area contributed by atoms with Crippen molar-refractivity contribution >= 4 is 11.8 Å². The van der Waals surface area contributed by atoms with Crippen molar-refractivity contribution in [2.24, 2.45) is 11.7 Å². The molecule has 0 radical (unpaired) electrons. The van der Waals surface area contributed by atoms with Crippen molar-refractivity contribution in [1.82, 2.24) is 0 Å². The van der Waals surface area contributed by atoms with Gasteiger partial charge in [0.2, 0.25) is 0 Å². The van der Waals surface area contributed by atoms with Crippen LogP contribution in [0.4, 0.5) is 0 Å². The molecule has 0 aromatic rings. The van der Waals surface area contributed by atoms with Gasteiger partial charge in [-0.3, -0.25) is 0 Å². The molecule has 1 aliphatic rings. The van der Waals surface area contributed by atoms with Crippen LogP contribution >= 0.6 is 11.8 Å². The van der Waals surface area contributed by atoms with Gasteiger partial charge in [0.15, 0.2) is 0 Å². The van der Waals surface area contributed by atoms with Gasteiger partial charge in [-0.2, -0.15) is 17.0 Å². The van der Waals surface area contributed by atoms with Gasteiger partial charge in [-0.25, -0.2) is 0 Å². The highest BCUT2D eigenvalue weighted by molar-refractivity contribution is 7.99. The third kappa shape index (κ3) is 5.95. The van der Waals surface area contributed by atoms with E-state index in [1.807, 2.05) is 25.6 Å². The van der Waals surface area contributed by atoms with Crippen LogP contribution in [0, 0.1) is 17.2 Å². The van der Waals surface area contributed by atoms with Crippen LogP contribution in [0.1, 0.15) is 34.5 Å². The van der Waals surface area contributed by atoms with E-state index in [9.17, 15) is 0 Å². The Kier molecular flexibility index (Phi) is 8.27. The molecule has 0 spiro atoms. The lowest BCUT2D eigenvalue weighted by molar-refractivity contribution is 0.436. The third-order valence-electron chi connectivity index (χ3n) is 2.09. The first kappa shape index (κ1) is 12.8. The highest BCUT2D eigenvalue weighted by Crippen LogP contribution is 2.25. The highest BCUT2D eigenvalue weighted by atomic mass is 32.2. The summed E-state index contributed by atoms with van der Waals surface area (Å²) in [5, 5.41) is 8.49. The molecule has 1 aliphatic heterocycles. The maximum atomic E-state index is 8.49. The second kappa shape index (κ2) is 8.40. The van der Waals surface area contributed by atoms with E-state index < -0.39 is 0 Å². The van der Waals surface area contributed by atoms with Gasteiger partial charge < -0.3 is 5.73 Å². The zero-order valence-electron chi connectivity index (χ0n) is 8.62. The smallest absolute Gasteiger partial charge is 0.0930 e. The van der Waals surface area contributed by atoms with Crippen LogP contribution < -0.4 is 5.73 Å². The predicted octanol–water partition coefficient (Wildman–Crippen LogP) is 2.64. The molecule has 2 N–H and O–H groups in total. The molecule has 3 heteroatoms. The Balaban J connectivity index is 0. The van der Waals surface area contributed by atoms with Gasteiger partial charge in [-0.15, -0.1) is 0 Å². The monoisotopic (exact) mass is 202 g/mol. The van der Waals surface area contributed by atoms with Gasteiger partial charge in [0.05, 0.1) is 12.1 Å². The third-order valence-corrected chi connectivity index (χ3v) is 3.14. The summed E-state index contributed by atoms with van der Waals surface area (Å²) in [6, 6.07) is 1.85. The van der Waals surface area contributed by atoms with E-state index in [1.54, 1.807) is 0 Å². The molecule has 1 saturated heterocycles. The molecular weight excluding hydrogens is 180 g/mol. The summed E-state index contributed by atoms with van der Waals surface area (Å²) in [6.07, 6.45) is 3.40. The zero-order valence-corrected chi connectivity index (χ0v) is 9.44. The first-order chi connectivity index (χ1) is 6.33. The van der Waals surface area contributed by atoms with Crippen LogP contribution in [0.3, 0.4) is 0 Å². The van der Waals surface area contributed by atoms with Gasteiger partial charge in [0.25, 0.3) is 0 Å². The second-order valence-electron chi connectivity index (χ2n) is 3.03. The van der Waals surface area contributed by atoms with Crippen molar-refractivity contribution in [1.29, 1.82) is 5.26 Å². The maximum absolute atomic E-state index is 8.49. The molecule has 0 bridgehead atoms. The van der Waals surface area contributed by atoms with E-state index in [2.05, 4.69) is 6.07 Å². The zero-order chi connectivity index (χ0) is 10.1. The number of thioether (sulfide) groups is 1. The van der Waals surface area contributed by atoms with Gasteiger partial charge in [0, 0.05) is 1.43 Å². The van der Waals surface area contributed by atoms with Gasteiger partial charge >= 0.3 is 0 Å². The Morgan fingerprint density at radius 2 is 2.08 bits per heavy atom. The van der Waals surface area contributed by atoms with Crippen molar-refractivity contribution in [3.8, 4) is 6.07 Å². The summed E-state index contributed by atoms with van der Waals surface area (Å²) < 4.78 is 0. The fraction of sp³-hybridized carbons (Fsp3) is 0.900. The Morgan fingerprint density at radius 1 is 1.54 bits per heavy atom. The Labute approximate surface area is 87.4 Å². The number of nitrogens with zero attached hydrogens (tertiary/aromatic N) is 1. The standard InChI is InChI=1S/C8H14N2S.C2H6.H2/c9-6-8(10)5-7-1-3-11-4-2-7;1-2;/h7-8H,1-5,10H2;1-2H3;1H. The average molecular weight is 202 g/mol. The van der Waals surface area contributed by atoms with Gasteiger partial charge in [0.1, 0.15) is 0 Å². The number of hydrogen-bond acceptors (Lipinski definition) is 3. The Morgan fingerprint density at radius 3 is 2.54 bits per heavy atom. The molecule has 0 amide bonds. The molecule has 0 saturated carbocycles. The Bertz CT molecular complexity index is 153. The van der Waals surface area contributed by atoms with Crippen LogP contribution in [0.2, 0.25) is 0 Å². The molecule has 1 fully saturated rings. The summed E-state index contributed by atoms with van der Waals surface area (Å²) in [6.45, 7) is 4.00. The molecule has 1 rings (SSSR count). The SMILES string of the molecule is CC.N#CC(N)CC1CCSCC1.[HH]. The van der Waals surface area contributed by atoms with Crippen LogP contribution in [-0.4, -0.2) is 17.5 Å². The molecular formula is C10H22N2S. The fourth-order valence-corrected chi connectivity index (χ4v) is 2.60. The normalized spacial score (nSPS) is 19.5. The molecule has 1 unspecified atom stereocenters. The van der Waals surface area contributed by atoms with Crippen molar-refractivity contribution < 1.29 is 1.43 Å². The lowest BCUT2D eigenvalue weighted by Gasteiger charge is -2.21. The van der Waals surface area contributed by atoms with Crippen LogP contribution in [0.5, 0.6) is 0 Å². The molecule has 0 aliphatic carbocycles. The molecule has 0 aromatic heterocycles. The van der Waals surface area contributed by atoms with E-state index in [1.165, 1.54) is 24.3 Å². The van der Waals surface area contributed by atoms with Crippen molar-refractivity contribution in [3.63, 3.8) is 0 Å². The number of rotatable bonds is 2. The van der Waals surface area contributed by atoms with E-state index in [0.717, 1.165) is 6.42 Å². The molecule has 0 aromatic carbocycles. The van der Waals surface area contributed by atoms with Crippen LogP contribution in [0.15, 0.2) is 0 Å². The largest absolute Gasteiger partial charge is 0.316 e. The molecule has 13 heavy (non-hydrogen) atoms. The number of hydrogen-bond donors (Lipinski definition) is 1. The average Bonchev–Trinajstić information content (AvgIpc) is 2.22. The van der Waals surface area contributed by atoms with Crippen molar-refractivity contribution in [2.75, 3.05) is 11.5 Å². The quantitative estimate of drug-likeness (QED) is 0.749. The second-order valence-corrected chi connectivity index (χ2v) is 4.25. The molecule has 2 nitrogen and oxygen atoms in total. The molecule has 1 heterocycles. The minimum Gasteiger partial charge on any atom is -0.316 e. The Hall–Kier alpha value is -0.200. The van der Waals surface area contributed by atoms with Crippen molar-refractivity contribution in [2.45, 2.75) is 39.2 Å². The summed E-state index contributed by atoms with van der Waals surface area (Å²) in [7, 11) is 0. The van der Waals surface area contributed by atoms with E-state index in [4.69, 9.17) is 11.0 Å². The lowest BCUT2D eigenvalue weighted by Crippen LogP contribution is -2.23. The number of nitrogens with two attached hydrogens (primary N) is 1. The summed E-state index contributed by atoms with van der Waals surface area (Å²) in [5.74, 6) is 3.22. The first-order valence-corrected chi connectivity index (χ1v) is 6.21. The first-order valence-electron chi connectivity index (χ1n) is 5.06. The molecule has 1 atom stereocenters. The fourth-order valence-electron chi connectivity index (χ4n) is 1.39. The number of nitriles is 1. The summed E-state index contributed by atoms with van der Waals surface area (Å²) in [4.78, 5) is 0. The minimum absolute atomic E-state index is 0.